The van der Waals surface area contributed by atoms with Gasteiger partial charge in [0.05, 0.1) is 6.10 Å². The predicted octanol–water partition coefficient (Wildman–Crippen LogP) is 1.65. The van der Waals surface area contributed by atoms with Gasteiger partial charge in [0.15, 0.2) is 0 Å². The summed E-state index contributed by atoms with van der Waals surface area (Å²) in [6, 6.07) is 0. The summed E-state index contributed by atoms with van der Waals surface area (Å²) in [5, 5.41) is 9.76. The maximum Gasteiger partial charge on any atom is 0.0714 e. The molecule has 1 nitrogen and oxygen atoms in total. The molecule has 0 bridgehead atoms. The molecule has 2 saturated carbocycles. The van der Waals surface area contributed by atoms with E-state index in [1.807, 2.05) is 11.8 Å². The highest BCUT2D eigenvalue weighted by atomic mass is 32.2. The van der Waals surface area contributed by atoms with Crippen molar-refractivity contribution >= 4 is 11.8 Å². The van der Waals surface area contributed by atoms with Crippen molar-refractivity contribution in [2.24, 2.45) is 5.92 Å². The number of rotatable bonds is 3. The van der Waals surface area contributed by atoms with Gasteiger partial charge in [0.1, 0.15) is 0 Å². The van der Waals surface area contributed by atoms with Gasteiger partial charge in [0, 0.05) is 4.75 Å². The van der Waals surface area contributed by atoms with E-state index in [9.17, 15) is 5.11 Å². The summed E-state index contributed by atoms with van der Waals surface area (Å²) in [5.74, 6) is 0.662. The Hall–Kier alpha value is 0.310. The lowest BCUT2D eigenvalue weighted by molar-refractivity contribution is 0.141. The SMILES string of the molecule is CSC1(C(O)C2CC2)CC1. The molecule has 0 radical (unpaired) electrons. The maximum absolute atomic E-state index is 9.76. The van der Waals surface area contributed by atoms with Gasteiger partial charge in [-0.2, -0.15) is 11.8 Å². The molecule has 0 aromatic heterocycles. The van der Waals surface area contributed by atoms with Crippen molar-refractivity contribution in [2.45, 2.75) is 36.5 Å². The largest absolute Gasteiger partial charge is 0.391 e. The minimum Gasteiger partial charge on any atom is -0.391 e. The molecule has 0 aromatic rings. The molecule has 0 spiro atoms. The number of aliphatic hydroxyl groups is 1. The summed E-state index contributed by atoms with van der Waals surface area (Å²) >= 11 is 1.86. The van der Waals surface area contributed by atoms with E-state index in [1.54, 1.807) is 0 Å². The zero-order valence-corrected chi connectivity index (χ0v) is 7.16. The molecule has 2 fully saturated rings. The van der Waals surface area contributed by atoms with E-state index in [4.69, 9.17) is 0 Å². The zero-order chi connectivity index (χ0) is 7.19. The molecule has 1 unspecified atom stereocenters. The Morgan fingerprint density at radius 2 is 2.10 bits per heavy atom. The molecule has 1 N–H and O–H groups in total. The molecule has 2 aliphatic carbocycles. The average molecular weight is 158 g/mol. The molecule has 0 saturated heterocycles. The summed E-state index contributed by atoms with van der Waals surface area (Å²) in [6.45, 7) is 0. The summed E-state index contributed by atoms with van der Waals surface area (Å²) in [5.41, 5.74) is 0. The van der Waals surface area contributed by atoms with Gasteiger partial charge in [0.25, 0.3) is 0 Å². The van der Waals surface area contributed by atoms with Gasteiger partial charge in [-0.15, -0.1) is 0 Å². The van der Waals surface area contributed by atoms with Crippen molar-refractivity contribution in [1.82, 2.24) is 0 Å². The average Bonchev–Trinajstić information content (AvgIpc) is 2.84. The molecule has 0 aromatic carbocycles. The molecule has 2 heteroatoms. The van der Waals surface area contributed by atoms with Crippen LogP contribution in [0.15, 0.2) is 0 Å². The monoisotopic (exact) mass is 158 g/mol. The van der Waals surface area contributed by atoms with Crippen LogP contribution in [0, 0.1) is 5.92 Å². The van der Waals surface area contributed by atoms with Crippen molar-refractivity contribution < 1.29 is 5.11 Å². The van der Waals surface area contributed by atoms with Crippen LogP contribution in [0.5, 0.6) is 0 Å². The molecule has 10 heavy (non-hydrogen) atoms. The Bertz CT molecular complexity index is 138. The number of hydrogen-bond acceptors (Lipinski definition) is 2. The van der Waals surface area contributed by atoms with Crippen LogP contribution >= 0.6 is 11.8 Å². The Morgan fingerprint density at radius 3 is 2.40 bits per heavy atom. The third-order valence-electron chi connectivity index (χ3n) is 2.76. The number of thioether (sulfide) groups is 1. The first-order valence-electron chi connectivity index (χ1n) is 4.02. The second kappa shape index (κ2) is 2.15. The van der Waals surface area contributed by atoms with Crippen molar-refractivity contribution in [3.8, 4) is 0 Å². The number of aliphatic hydroxyl groups excluding tert-OH is 1. The molecular formula is C8H14OS. The van der Waals surface area contributed by atoms with E-state index in [1.165, 1.54) is 25.7 Å². The molecular weight excluding hydrogens is 144 g/mol. The van der Waals surface area contributed by atoms with Crippen LogP contribution in [-0.4, -0.2) is 22.2 Å². The van der Waals surface area contributed by atoms with Gasteiger partial charge in [-0.3, -0.25) is 0 Å². The Labute approximate surface area is 66.2 Å². The molecule has 2 aliphatic rings. The van der Waals surface area contributed by atoms with E-state index < -0.39 is 0 Å². The lowest BCUT2D eigenvalue weighted by atomic mass is 10.1. The minimum atomic E-state index is 0.0162. The molecule has 0 amide bonds. The summed E-state index contributed by atoms with van der Waals surface area (Å²) in [6.07, 6.45) is 7.16. The van der Waals surface area contributed by atoms with Crippen LogP contribution in [0.1, 0.15) is 25.7 Å². The highest BCUT2D eigenvalue weighted by Gasteiger charge is 2.53. The first-order valence-corrected chi connectivity index (χ1v) is 5.24. The lowest BCUT2D eigenvalue weighted by Gasteiger charge is -2.18. The fraction of sp³-hybridized carbons (Fsp3) is 1.00. The minimum absolute atomic E-state index is 0.0162. The normalized spacial score (nSPS) is 31.8. The first-order chi connectivity index (χ1) is 4.78. The van der Waals surface area contributed by atoms with Crippen LogP contribution in [0.3, 0.4) is 0 Å². The smallest absolute Gasteiger partial charge is 0.0714 e. The van der Waals surface area contributed by atoms with E-state index >= 15 is 0 Å². The Morgan fingerprint density at radius 1 is 1.50 bits per heavy atom. The zero-order valence-electron chi connectivity index (χ0n) is 6.34. The third-order valence-corrected chi connectivity index (χ3v) is 4.22. The van der Waals surface area contributed by atoms with Gasteiger partial charge in [-0.25, -0.2) is 0 Å². The maximum atomic E-state index is 9.76. The molecule has 2 rings (SSSR count). The highest BCUT2D eigenvalue weighted by molar-refractivity contribution is 8.00. The van der Waals surface area contributed by atoms with E-state index in [2.05, 4.69) is 6.26 Å². The van der Waals surface area contributed by atoms with E-state index in [0.717, 1.165) is 0 Å². The summed E-state index contributed by atoms with van der Waals surface area (Å²) in [7, 11) is 0. The van der Waals surface area contributed by atoms with Gasteiger partial charge in [-0.05, 0) is 37.9 Å². The van der Waals surface area contributed by atoms with Crippen molar-refractivity contribution in [3.05, 3.63) is 0 Å². The Kier molecular flexibility index (Phi) is 1.50. The van der Waals surface area contributed by atoms with Crippen molar-refractivity contribution in [1.29, 1.82) is 0 Å². The summed E-state index contributed by atoms with van der Waals surface area (Å²) < 4.78 is 0.307. The standard InChI is InChI=1S/C8H14OS/c1-10-8(4-5-8)7(9)6-2-3-6/h6-7,9H,2-5H2,1H3. The van der Waals surface area contributed by atoms with E-state index in [-0.39, 0.29) is 6.10 Å². The second-order valence-corrected chi connectivity index (χ2v) is 4.77. The summed E-state index contributed by atoms with van der Waals surface area (Å²) in [4.78, 5) is 0. The quantitative estimate of drug-likeness (QED) is 0.674. The molecule has 1 atom stereocenters. The van der Waals surface area contributed by atoms with E-state index in [0.29, 0.717) is 10.7 Å². The highest BCUT2D eigenvalue weighted by Crippen LogP contribution is 2.55. The molecule has 0 heterocycles. The fourth-order valence-corrected chi connectivity index (χ4v) is 2.53. The van der Waals surface area contributed by atoms with Crippen LogP contribution in [0.2, 0.25) is 0 Å². The van der Waals surface area contributed by atoms with Crippen LogP contribution in [0.4, 0.5) is 0 Å². The van der Waals surface area contributed by atoms with Crippen LogP contribution in [0.25, 0.3) is 0 Å². The number of hydrogen-bond donors (Lipinski definition) is 1. The van der Waals surface area contributed by atoms with Gasteiger partial charge < -0.3 is 5.11 Å². The van der Waals surface area contributed by atoms with Crippen molar-refractivity contribution in [3.63, 3.8) is 0 Å². The lowest BCUT2D eigenvalue weighted by Crippen LogP contribution is -2.26. The van der Waals surface area contributed by atoms with Gasteiger partial charge in [0.2, 0.25) is 0 Å². The Balaban J connectivity index is 1.95. The molecule has 0 aliphatic heterocycles. The fourth-order valence-electron chi connectivity index (χ4n) is 1.59. The second-order valence-electron chi connectivity index (χ2n) is 3.55. The van der Waals surface area contributed by atoms with Crippen molar-refractivity contribution in [2.75, 3.05) is 6.26 Å². The van der Waals surface area contributed by atoms with Gasteiger partial charge >= 0.3 is 0 Å². The first kappa shape index (κ1) is 6.99. The topological polar surface area (TPSA) is 20.2 Å². The molecule has 58 valence electrons. The van der Waals surface area contributed by atoms with Crippen LogP contribution in [-0.2, 0) is 0 Å². The van der Waals surface area contributed by atoms with Gasteiger partial charge in [-0.1, -0.05) is 0 Å². The third kappa shape index (κ3) is 0.978. The predicted molar refractivity (Wildman–Crippen MR) is 44.2 cm³/mol. The van der Waals surface area contributed by atoms with Crippen LogP contribution < -0.4 is 0 Å².